The Balaban J connectivity index is 0.00000386. The van der Waals surface area contributed by atoms with E-state index in [1.165, 1.54) is 4.88 Å². The molecule has 0 saturated heterocycles. The Morgan fingerprint density at radius 2 is 1.72 bits per heavy atom. The summed E-state index contributed by atoms with van der Waals surface area (Å²) in [6.45, 7) is 6.79. The largest absolute Gasteiger partial charge is 0.370 e. The highest BCUT2D eigenvalue weighted by atomic mass is 35.5. The third kappa shape index (κ3) is 6.54. The van der Waals surface area contributed by atoms with E-state index in [9.17, 15) is 9.59 Å². The van der Waals surface area contributed by atoms with Crippen molar-refractivity contribution in [2.75, 3.05) is 11.9 Å². The molecule has 0 unspecified atom stereocenters. The van der Waals surface area contributed by atoms with Crippen LogP contribution in [0.3, 0.4) is 0 Å². The minimum Gasteiger partial charge on any atom is -0.370 e. The number of aromatic nitrogens is 4. The molecule has 7 rings (SSSR count). The molecule has 1 N–H and O–H groups in total. The van der Waals surface area contributed by atoms with Crippen molar-refractivity contribution in [3.63, 3.8) is 0 Å². The minimum absolute atomic E-state index is 0. The topological polar surface area (TPSA) is 102 Å². The van der Waals surface area contributed by atoms with E-state index in [4.69, 9.17) is 16.6 Å². The predicted molar refractivity (Wildman–Crippen MR) is 193 cm³/mol. The lowest BCUT2D eigenvalue weighted by Crippen LogP contribution is -2.12. The molecule has 2 aliphatic rings. The number of carbonyl (C=O) groups excluding carboxylic acids is 2. The molecule has 0 saturated carbocycles. The molecule has 240 valence electrons. The maximum Gasteiger partial charge on any atom is 0.163 e. The Morgan fingerprint density at radius 3 is 2.49 bits per heavy atom. The molecule has 1 atom stereocenters. The zero-order valence-electron chi connectivity index (χ0n) is 26.4. The van der Waals surface area contributed by atoms with Crippen molar-refractivity contribution in [1.82, 2.24) is 19.7 Å². The van der Waals surface area contributed by atoms with Crippen LogP contribution < -0.4 is 5.32 Å². The van der Waals surface area contributed by atoms with Crippen molar-refractivity contribution in [1.29, 1.82) is 0 Å². The number of aliphatic imine (C=N–C) groups is 1. The molecule has 3 aromatic heterocycles. The van der Waals surface area contributed by atoms with E-state index in [0.29, 0.717) is 43.1 Å². The van der Waals surface area contributed by atoms with Gasteiger partial charge in [-0.2, -0.15) is 13.5 Å². The zero-order valence-corrected chi connectivity index (χ0v) is 29.0. The molecule has 2 aromatic carbocycles. The molecule has 4 heterocycles. The monoisotopic (exact) mass is 682 g/mol. The molecule has 0 spiro atoms. The van der Waals surface area contributed by atoms with Gasteiger partial charge in [0.15, 0.2) is 5.82 Å². The quantitative estimate of drug-likeness (QED) is 0.162. The van der Waals surface area contributed by atoms with Gasteiger partial charge in [-0.05, 0) is 73.7 Å². The number of fused-ring (bicyclic) bond motifs is 4. The molecule has 8 nitrogen and oxygen atoms in total. The summed E-state index contributed by atoms with van der Waals surface area (Å²) in [6, 6.07) is 17.4. The first kappa shape index (κ1) is 32.8. The van der Waals surface area contributed by atoms with Crippen molar-refractivity contribution in [3.8, 4) is 16.1 Å². The van der Waals surface area contributed by atoms with Gasteiger partial charge in [-0.25, -0.2) is 4.98 Å². The van der Waals surface area contributed by atoms with E-state index in [0.717, 1.165) is 61.3 Å². The highest BCUT2D eigenvalue weighted by molar-refractivity contribution is 7.59. The minimum atomic E-state index is -0.460. The standard InChI is InChI=1S/C36H33ClN6O2S.H2S/c1-20-21(2)46-36-33(20)34(23-8-11-28(37)12-9-23)40-31(35-42-41-22(3)43(35)36)18-29(44)5-4-14-38-32-13-10-26(19-39-32)24-6-7-25-16-30(45)17-27(25)15-24;/h6-13,15,19,31H,4-5,14,16-18H2,1-3H3,(H,38,39);1H2/t31-;/m0./s1. The summed E-state index contributed by atoms with van der Waals surface area (Å²) in [5.74, 6) is 2.61. The Hall–Kier alpha value is -4.12. The summed E-state index contributed by atoms with van der Waals surface area (Å²) < 4.78 is 2.07. The van der Waals surface area contributed by atoms with Crippen LogP contribution in [0.25, 0.3) is 16.1 Å². The van der Waals surface area contributed by atoms with Gasteiger partial charge in [-0.15, -0.1) is 21.5 Å². The van der Waals surface area contributed by atoms with E-state index in [2.05, 4.69) is 51.0 Å². The zero-order chi connectivity index (χ0) is 31.9. The first-order valence-corrected chi connectivity index (χ1v) is 16.7. The number of carbonyl (C=O) groups is 2. The Bertz CT molecular complexity index is 2010. The van der Waals surface area contributed by atoms with Crippen LogP contribution in [-0.4, -0.2) is 43.6 Å². The number of pyridine rings is 1. The first-order valence-electron chi connectivity index (χ1n) is 15.5. The average Bonchev–Trinajstić information content (AvgIpc) is 3.68. The number of hydrogen-bond donors (Lipinski definition) is 1. The van der Waals surface area contributed by atoms with Gasteiger partial charge in [0, 0.05) is 65.0 Å². The lowest BCUT2D eigenvalue weighted by atomic mass is 9.99. The van der Waals surface area contributed by atoms with E-state index in [1.807, 2.05) is 55.6 Å². The van der Waals surface area contributed by atoms with Gasteiger partial charge in [0.05, 0.1) is 5.71 Å². The molecular weight excluding hydrogens is 648 g/mol. The van der Waals surface area contributed by atoms with Crippen LogP contribution in [0.1, 0.15) is 69.6 Å². The molecule has 11 heteroatoms. The smallest absolute Gasteiger partial charge is 0.163 e. The number of nitrogens with zero attached hydrogens (tertiary/aromatic N) is 5. The fraction of sp³-hybridized carbons (Fsp3) is 0.278. The van der Waals surface area contributed by atoms with Crippen molar-refractivity contribution in [2.24, 2.45) is 4.99 Å². The van der Waals surface area contributed by atoms with Crippen LogP contribution in [0.4, 0.5) is 5.82 Å². The summed E-state index contributed by atoms with van der Waals surface area (Å²) in [5, 5.41) is 13.9. The second kappa shape index (κ2) is 13.5. The fourth-order valence-electron chi connectivity index (χ4n) is 6.25. The maximum absolute atomic E-state index is 13.4. The van der Waals surface area contributed by atoms with Crippen LogP contribution in [0.15, 0.2) is 65.8 Å². The average molecular weight is 683 g/mol. The third-order valence-corrected chi connectivity index (χ3v) is 10.2. The molecule has 0 radical (unpaired) electrons. The van der Waals surface area contributed by atoms with Gasteiger partial charge < -0.3 is 5.32 Å². The Labute approximate surface area is 289 Å². The fourth-order valence-corrected chi connectivity index (χ4v) is 7.59. The number of anilines is 1. The molecule has 1 aliphatic heterocycles. The second-order valence-corrected chi connectivity index (χ2v) is 13.6. The normalized spacial score (nSPS) is 14.9. The highest BCUT2D eigenvalue weighted by Gasteiger charge is 2.32. The third-order valence-electron chi connectivity index (χ3n) is 8.79. The van der Waals surface area contributed by atoms with Gasteiger partial charge in [-0.3, -0.25) is 19.1 Å². The first-order chi connectivity index (χ1) is 22.2. The van der Waals surface area contributed by atoms with Crippen LogP contribution in [-0.2, 0) is 22.4 Å². The predicted octanol–water partition coefficient (Wildman–Crippen LogP) is 7.49. The second-order valence-electron chi connectivity index (χ2n) is 12.0. The number of ketones is 2. The SMILES string of the molecule is Cc1sc2c(c1C)C(c1ccc(Cl)cc1)=N[C@@H](CC(=O)CCCNc1ccc(-c3ccc4c(c3)CC(=O)C4)cn1)c1nnc(C)n1-2.S. The summed E-state index contributed by atoms with van der Waals surface area (Å²) in [7, 11) is 0. The number of Topliss-reactive ketones (excluding diaryl/α,β-unsaturated/α-hetero) is 2. The van der Waals surface area contributed by atoms with Crippen molar-refractivity contribution in [2.45, 2.75) is 58.9 Å². The molecule has 0 fully saturated rings. The number of thiophene rings is 1. The van der Waals surface area contributed by atoms with Crippen LogP contribution in [0.5, 0.6) is 0 Å². The lowest BCUT2D eigenvalue weighted by molar-refractivity contribution is -0.119. The number of rotatable bonds is 9. The van der Waals surface area contributed by atoms with E-state index in [-0.39, 0.29) is 31.5 Å². The van der Waals surface area contributed by atoms with E-state index in [1.54, 1.807) is 11.3 Å². The van der Waals surface area contributed by atoms with Crippen molar-refractivity contribution >= 4 is 59.5 Å². The number of halogens is 1. The van der Waals surface area contributed by atoms with Gasteiger partial charge in [0.1, 0.15) is 34.3 Å². The summed E-state index contributed by atoms with van der Waals surface area (Å²) >= 11 is 7.92. The molecule has 47 heavy (non-hydrogen) atoms. The van der Waals surface area contributed by atoms with Gasteiger partial charge in [-0.1, -0.05) is 41.9 Å². The Morgan fingerprint density at radius 1 is 0.979 bits per heavy atom. The molecule has 1 aliphatic carbocycles. The molecule has 5 aromatic rings. The Kier molecular flexibility index (Phi) is 9.46. The van der Waals surface area contributed by atoms with Gasteiger partial charge in [0.25, 0.3) is 0 Å². The summed E-state index contributed by atoms with van der Waals surface area (Å²) in [6.07, 6.45) is 4.21. The number of nitrogens with one attached hydrogen (secondary N) is 1. The highest BCUT2D eigenvalue weighted by Crippen LogP contribution is 2.40. The van der Waals surface area contributed by atoms with E-state index < -0.39 is 6.04 Å². The number of benzene rings is 2. The summed E-state index contributed by atoms with van der Waals surface area (Å²) in [5.41, 5.74) is 8.32. The van der Waals surface area contributed by atoms with Crippen LogP contribution in [0.2, 0.25) is 5.02 Å². The van der Waals surface area contributed by atoms with Crippen LogP contribution >= 0.6 is 36.4 Å². The molecular formula is C36H35ClN6O2S2. The maximum atomic E-state index is 13.4. The van der Waals surface area contributed by atoms with Gasteiger partial charge in [0.2, 0.25) is 0 Å². The number of hydrogen-bond acceptors (Lipinski definition) is 8. The van der Waals surface area contributed by atoms with Gasteiger partial charge >= 0.3 is 0 Å². The lowest BCUT2D eigenvalue weighted by Gasteiger charge is -2.13. The number of aryl methyl sites for hydroxylation is 2. The summed E-state index contributed by atoms with van der Waals surface area (Å²) in [4.78, 5) is 36.2. The van der Waals surface area contributed by atoms with Crippen LogP contribution in [0, 0.1) is 20.8 Å². The molecule has 0 amide bonds. The van der Waals surface area contributed by atoms with Crippen molar-refractivity contribution < 1.29 is 9.59 Å². The molecule has 0 bridgehead atoms. The van der Waals surface area contributed by atoms with E-state index >= 15 is 0 Å². The van der Waals surface area contributed by atoms with Crippen molar-refractivity contribution in [3.05, 3.63) is 110 Å².